The number of alkyl halides is 3. The Hall–Kier alpha value is -2.52. The van der Waals surface area contributed by atoms with Crippen molar-refractivity contribution in [2.24, 2.45) is 28.9 Å². The Labute approximate surface area is 183 Å². The molecule has 0 radical (unpaired) electrons. The van der Waals surface area contributed by atoms with E-state index in [1.807, 2.05) is 0 Å². The van der Waals surface area contributed by atoms with Crippen molar-refractivity contribution < 1.29 is 27.5 Å². The Bertz CT molecular complexity index is 908. The highest BCUT2D eigenvalue weighted by Gasteiger charge is 2.59. The molecule has 10 heteroatoms. The number of hydrogen-bond donors (Lipinski definition) is 2. The number of halogens is 3. The molecule has 1 aromatic heterocycles. The summed E-state index contributed by atoms with van der Waals surface area (Å²) in [5, 5.41) is 2.84. The van der Waals surface area contributed by atoms with Gasteiger partial charge < -0.3 is 20.7 Å². The van der Waals surface area contributed by atoms with Crippen molar-refractivity contribution >= 4 is 17.8 Å². The second kappa shape index (κ2) is 7.52. The first-order valence-electron chi connectivity index (χ1n) is 11.2. The van der Waals surface area contributed by atoms with E-state index in [1.54, 1.807) is 4.90 Å². The smallest absolute Gasteiger partial charge is 0.419 e. The normalized spacial score (nSPS) is 35.7. The number of anilines is 1. The van der Waals surface area contributed by atoms with Crippen molar-refractivity contribution in [2.45, 2.75) is 56.8 Å². The predicted molar refractivity (Wildman–Crippen MR) is 108 cm³/mol. The van der Waals surface area contributed by atoms with Crippen LogP contribution in [-0.2, 0) is 15.7 Å². The van der Waals surface area contributed by atoms with E-state index in [2.05, 4.69) is 10.3 Å². The summed E-state index contributed by atoms with van der Waals surface area (Å²) >= 11 is 0. The Balaban J connectivity index is 1.20. The summed E-state index contributed by atoms with van der Waals surface area (Å²) in [4.78, 5) is 30.3. The molecule has 32 heavy (non-hydrogen) atoms. The van der Waals surface area contributed by atoms with Gasteiger partial charge in [0.05, 0.1) is 11.0 Å². The number of carbonyl (C=O) groups is 2. The molecule has 3 N–H and O–H groups in total. The maximum absolute atomic E-state index is 13.2. The lowest BCUT2D eigenvalue weighted by molar-refractivity contribution is -0.161. The van der Waals surface area contributed by atoms with Gasteiger partial charge in [-0.05, 0) is 68.4 Å². The fourth-order valence-corrected chi connectivity index (χ4v) is 6.65. The van der Waals surface area contributed by atoms with Crippen LogP contribution in [0.25, 0.3) is 0 Å². The van der Waals surface area contributed by atoms with Gasteiger partial charge in [0, 0.05) is 25.3 Å². The number of primary amides is 1. The third kappa shape index (κ3) is 3.67. The maximum Gasteiger partial charge on any atom is 0.419 e. The summed E-state index contributed by atoms with van der Waals surface area (Å²) in [6.07, 6.45) is 0.772. The van der Waals surface area contributed by atoms with E-state index in [9.17, 15) is 22.8 Å². The second-order valence-corrected chi connectivity index (χ2v) is 9.94. The lowest BCUT2D eigenvalue weighted by Gasteiger charge is -2.58. The van der Waals surface area contributed by atoms with Gasteiger partial charge in [-0.1, -0.05) is 0 Å². The molecule has 0 aromatic carbocycles. The monoisotopic (exact) mass is 452 g/mol. The molecule has 7 nitrogen and oxygen atoms in total. The largest absolute Gasteiger partial charge is 0.446 e. The van der Waals surface area contributed by atoms with Crippen molar-refractivity contribution in [1.82, 2.24) is 9.88 Å². The fraction of sp³-hybridized carbons (Fsp3) is 0.682. The average molecular weight is 452 g/mol. The van der Waals surface area contributed by atoms with E-state index in [4.69, 9.17) is 10.5 Å². The van der Waals surface area contributed by atoms with Gasteiger partial charge in [-0.3, -0.25) is 4.79 Å². The number of pyridine rings is 1. The van der Waals surface area contributed by atoms with Crippen molar-refractivity contribution in [1.29, 1.82) is 0 Å². The van der Waals surface area contributed by atoms with Crippen molar-refractivity contribution in [3.8, 4) is 0 Å². The molecule has 2 heterocycles. The van der Waals surface area contributed by atoms with Gasteiger partial charge in [-0.25, -0.2) is 9.78 Å². The maximum atomic E-state index is 13.2. The van der Waals surface area contributed by atoms with Crippen molar-refractivity contribution in [3.05, 3.63) is 23.9 Å². The Morgan fingerprint density at radius 2 is 1.94 bits per heavy atom. The third-order valence-electron chi connectivity index (χ3n) is 7.85. The van der Waals surface area contributed by atoms with E-state index >= 15 is 0 Å². The number of rotatable bonds is 4. The van der Waals surface area contributed by atoms with Crippen LogP contribution in [0, 0.1) is 23.2 Å². The van der Waals surface area contributed by atoms with Crippen LogP contribution in [0.1, 0.15) is 44.1 Å². The lowest BCUT2D eigenvalue weighted by Crippen LogP contribution is -2.59. The summed E-state index contributed by atoms with van der Waals surface area (Å²) in [6.45, 7) is 0.656. The highest BCUT2D eigenvalue weighted by molar-refractivity contribution is 5.81. The van der Waals surface area contributed by atoms with Gasteiger partial charge in [0.2, 0.25) is 5.91 Å². The molecule has 0 spiro atoms. The predicted octanol–water partition coefficient (Wildman–Crippen LogP) is 3.40. The zero-order valence-electron chi connectivity index (χ0n) is 17.6. The molecule has 5 fully saturated rings. The topological polar surface area (TPSA) is 97.6 Å². The summed E-state index contributed by atoms with van der Waals surface area (Å²) < 4.78 is 45.6. The minimum Gasteiger partial charge on any atom is -0.446 e. The van der Waals surface area contributed by atoms with Gasteiger partial charge in [0.15, 0.2) is 0 Å². The van der Waals surface area contributed by atoms with E-state index in [0.717, 1.165) is 25.3 Å². The lowest BCUT2D eigenvalue weighted by atomic mass is 9.48. The van der Waals surface area contributed by atoms with E-state index < -0.39 is 23.2 Å². The molecule has 4 aliphatic carbocycles. The first kappa shape index (κ1) is 21.3. The van der Waals surface area contributed by atoms with Crippen molar-refractivity contribution in [3.63, 3.8) is 0 Å². The molecule has 5 unspecified atom stereocenters. The molecule has 2 amide bonds. The molecule has 1 aromatic rings. The zero-order chi connectivity index (χ0) is 22.7. The van der Waals surface area contributed by atoms with Crippen LogP contribution in [0.5, 0.6) is 0 Å². The highest BCUT2D eigenvalue weighted by Crippen LogP contribution is 2.60. The van der Waals surface area contributed by atoms with Gasteiger partial charge in [0.25, 0.3) is 0 Å². The number of hydrogen-bond acceptors (Lipinski definition) is 5. The van der Waals surface area contributed by atoms with E-state index in [-0.39, 0.29) is 42.3 Å². The summed E-state index contributed by atoms with van der Waals surface area (Å²) in [5.74, 6) is 0.312. The first-order chi connectivity index (χ1) is 15.1. The van der Waals surface area contributed by atoms with E-state index in [1.165, 1.54) is 12.3 Å². The molecular weight excluding hydrogens is 425 g/mol. The molecule has 6 rings (SSSR count). The van der Waals surface area contributed by atoms with Crippen LogP contribution >= 0.6 is 0 Å². The van der Waals surface area contributed by atoms with Crippen LogP contribution in [0.15, 0.2) is 18.3 Å². The molecule has 4 bridgehead atoms. The number of nitrogens with zero attached hydrogens (tertiary/aromatic N) is 2. The SMILES string of the molecule is NC(=O)C12CC3CC(C1)C(OC(=O)N1CCC(Nc4ncccc4C(F)(F)F)C1)[C@H](C3)C2. The fourth-order valence-electron chi connectivity index (χ4n) is 6.65. The zero-order valence-corrected chi connectivity index (χ0v) is 17.6. The quantitative estimate of drug-likeness (QED) is 0.730. The molecule has 4 saturated carbocycles. The Morgan fingerprint density at radius 1 is 1.22 bits per heavy atom. The second-order valence-electron chi connectivity index (χ2n) is 9.94. The molecule has 6 atom stereocenters. The molecule has 1 saturated heterocycles. The number of nitrogens with two attached hydrogens (primary N) is 1. The van der Waals surface area contributed by atoms with E-state index in [0.29, 0.717) is 31.7 Å². The average Bonchev–Trinajstić information content (AvgIpc) is 3.18. The standard InChI is InChI=1S/C22H27F3N4O3/c23-22(24,25)16-2-1-4-27-18(16)28-15-3-5-29(11-15)20(31)32-17-13-6-12-7-14(17)10-21(8-12,9-13)19(26)30/h1-2,4,12-15,17H,3,5-11H2,(H2,26,30)(H,27,28)/t12?,13-,14?,15?,17?,21?/m1/s1. The van der Waals surface area contributed by atoms with Crippen LogP contribution < -0.4 is 11.1 Å². The highest BCUT2D eigenvalue weighted by atomic mass is 19.4. The van der Waals surface area contributed by atoms with Gasteiger partial charge >= 0.3 is 12.3 Å². The minimum atomic E-state index is -4.50. The van der Waals surface area contributed by atoms with Crippen LogP contribution in [0.4, 0.5) is 23.8 Å². The summed E-state index contributed by atoms with van der Waals surface area (Å²) in [7, 11) is 0. The van der Waals surface area contributed by atoms with Gasteiger partial charge in [0.1, 0.15) is 11.9 Å². The number of aromatic nitrogens is 1. The van der Waals surface area contributed by atoms with Gasteiger partial charge in [-0.2, -0.15) is 13.2 Å². The third-order valence-corrected chi connectivity index (χ3v) is 7.85. The summed E-state index contributed by atoms with van der Waals surface area (Å²) in [6, 6.07) is 1.90. The molecule has 1 aliphatic heterocycles. The van der Waals surface area contributed by atoms with Crippen LogP contribution in [-0.4, -0.2) is 47.1 Å². The van der Waals surface area contributed by atoms with Gasteiger partial charge in [-0.15, -0.1) is 0 Å². The molecule has 174 valence electrons. The first-order valence-corrected chi connectivity index (χ1v) is 11.2. The number of carbonyl (C=O) groups excluding carboxylic acids is 2. The Kier molecular flexibility index (Phi) is 5.01. The number of ether oxygens (including phenoxy) is 1. The summed E-state index contributed by atoms with van der Waals surface area (Å²) in [5.41, 5.74) is 4.45. The van der Waals surface area contributed by atoms with Crippen LogP contribution in [0.2, 0.25) is 0 Å². The van der Waals surface area contributed by atoms with Crippen LogP contribution in [0.3, 0.4) is 0 Å². The minimum absolute atomic E-state index is 0.150. The molecular formula is C22H27F3N4O3. The number of likely N-dealkylation sites (tertiary alicyclic amines) is 1. The number of nitrogens with one attached hydrogen (secondary N) is 1. The molecule has 5 aliphatic rings. The van der Waals surface area contributed by atoms with Crippen molar-refractivity contribution in [2.75, 3.05) is 18.4 Å². The number of amides is 2. The Morgan fingerprint density at radius 3 is 2.59 bits per heavy atom.